The van der Waals surface area contributed by atoms with Gasteiger partial charge in [0.25, 0.3) is 0 Å². The molecule has 29 heavy (non-hydrogen) atoms. The molecule has 8 heteroatoms. The van der Waals surface area contributed by atoms with E-state index in [1.807, 2.05) is 36.7 Å². The van der Waals surface area contributed by atoms with Crippen LogP contribution in [0.25, 0.3) is 21.3 Å². The van der Waals surface area contributed by atoms with E-state index in [0.717, 1.165) is 63.8 Å². The van der Waals surface area contributed by atoms with Gasteiger partial charge in [-0.15, -0.1) is 0 Å². The van der Waals surface area contributed by atoms with E-state index in [0.29, 0.717) is 6.04 Å². The Kier molecular flexibility index (Phi) is 4.87. The number of anilines is 3. The van der Waals surface area contributed by atoms with Gasteiger partial charge < -0.3 is 15.7 Å². The first-order valence-corrected chi connectivity index (χ1v) is 10.6. The number of nitrogens with zero attached hydrogens (tertiary/aromatic N) is 3. The van der Waals surface area contributed by atoms with Crippen LogP contribution in [0.15, 0.2) is 48.8 Å². The normalized spacial score (nSPS) is 19.3. The summed E-state index contributed by atoms with van der Waals surface area (Å²) in [5, 5.41) is 24.2. The molecule has 0 bridgehead atoms. The van der Waals surface area contributed by atoms with Crippen molar-refractivity contribution in [2.75, 3.05) is 10.6 Å². The fourth-order valence-corrected chi connectivity index (χ4v) is 4.60. The van der Waals surface area contributed by atoms with E-state index in [1.165, 1.54) is 0 Å². The highest BCUT2D eigenvalue weighted by molar-refractivity contribution is 7.22. The first-order chi connectivity index (χ1) is 14.2. The number of aliphatic hydroxyl groups excluding tert-OH is 1. The first-order valence-electron chi connectivity index (χ1n) is 9.81. The number of fused-ring (bicyclic) bond motifs is 1. The number of aromatic nitrogens is 4. The second-order valence-electron chi connectivity index (χ2n) is 7.37. The summed E-state index contributed by atoms with van der Waals surface area (Å²) >= 11 is 1.60. The van der Waals surface area contributed by atoms with Crippen LogP contribution in [0.1, 0.15) is 25.7 Å². The zero-order chi connectivity index (χ0) is 19.6. The zero-order valence-corrected chi connectivity index (χ0v) is 16.6. The van der Waals surface area contributed by atoms with E-state index in [9.17, 15) is 5.11 Å². The van der Waals surface area contributed by atoms with Gasteiger partial charge >= 0.3 is 0 Å². The Hall–Kier alpha value is -2.97. The van der Waals surface area contributed by atoms with Crippen molar-refractivity contribution in [3.63, 3.8) is 0 Å². The predicted octanol–water partition coefficient (Wildman–Crippen LogP) is 4.54. The van der Waals surface area contributed by atoms with Crippen molar-refractivity contribution in [2.24, 2.45) is 0 Å². The molecule has 0 spiro atoms. The van der Waals surface area contributed by atoms with Gasteiger partial charge in [-0.2, -0.15) is 5.10 Å². The minimum Gasteiger partial charge on any atom is -0.393 e. The molecule has 1 aliphatic rings. The van der Waals surface area contributed by atoms with E-state index in [2.05, 4.69) is 42.9 Å². The molecule has 0 saturated heterocycles. The maximum absolute atomic E-state index is 9.67. The summed E-state index contributed by atoms with van der Waals surface area (Å²) < 4.78 is 1.11. The average molecular weight is 407 g/mol. The highest BCUT2D eigenvalue weighted by Gasteiger charge is 2.19. The van der Waals surface area contributed by atoms with Crippen LogP contribution in [0.4, 0.5) is 16.8 Å². The molecule has 1 fully saturated rings. The van der Waals surface area contributed by atoms with Crippen LogP contribution in [0.5, 0.6) is 0 Å². The molecule has 0 unspecified atom stereocenters. The molecule has 7 nitrogen and oxygen atoms in total. The number of hydrogen-bond acceptors (Lipinski definition) is 7. The largest absolute Gasteiger partial charge is 0.393 e. The Labute approximate surface area is 172 Å². The molecular weight excluding hydrogens is 384 g/mol. The Morgan fingerprint density at radius 3 is 2.69 bits per heavy atom. The minimum atomic E-state index is -0.151. The van der Waals surface area contributed by atoms with Crippen molar-refractivity contribution in [2.45, 2.75) is 37.8 Å². The van der Waals surface area contributed by atoms with E-state index in [1.54, 1.807) is 11.3 Å². The van der Waals surface area contributed by atoms with Gasteiger partial charge in [0.2, 0.25) is 0 Å². The Bertz CT molecular complexity index is 1100. The van der Waals surface area contributed by atoms with Gasteiger partial charge in [-0.05, 0) is 55.5 Å². The molecule has 0 aliphatic heterocycles. The lowest BCUT2D eigenvalue weighted by molar-refractivity contribution is 0.126. The van der Waals surface area contributed by atoms with Crippen molar-refractivity contribution in [3.05, 3.63) is 48.8 Å². The van der Waals surface area contributed by atoms with Crippen molar-refractivity contribution in [3.8, 4) is 11.1 Å². The first kappa shape index (κ1) is 18.1. The van der Waals surface area contributed by atoms with E-state index in [-0.39, 0.29) is 6.10 Å². The quantitative estimate of drug-likeness (QED) is 0.388. The molecular formula is C21H22N6OS. The third-order valence-electron chi connectivity index (χ3n) is 5.25. The molecule has 5 rings (SSSR count). The zero-order valence-electron chi connectivity index (χ0n) is 15.8. The van der Waals surface area contributed by atoms with Gasteiger partial charge in [0, 0.05) is 17.8 Å². The Balaban J connectivity index is 1.31. The van der Waals surface area contributed by atoms with Crippen LogP contribution < -0.4 is 10.6 Å². The average Bonchev–Trinajstić information content (AvgIpc) is 3.39. The molecule has 0 radical (unpaired) electrons. The second kappa shape index (κ2) is 7.81. The lowest BCUT2D eigenvalue weighted by Gasteiger charge is -2.26. The van der Waals surface area contributed by atoms with Gasteiger partial charge in [-0.25, -0.2) is 9.97 Å². The minimum absolute atomic E-state index is 0.151. The molecule has 3 heterocycles. The van der Waals surface area contributed by atoms with Crippen molar-refractivity contribution in [1.82, 2.24) is 20.2 Å². The summed E-state index contributed by atoms with van der Waals surface area (Å²) in [5.41, 5.74) is 3.13. The number of benzene rings is 1. The van der Waals surface area contributed by atoms with E-state index >= 15 is 0 Å². The summed E-state index contributed by atoms with van der Waals surface area (Å²) in [6.45, 7) is 0. The topological polar surface area (TPSA) is 98.7 Å². The molecule has 1 aliphatic carbocycles. The smallest absolute Gasteiger partial charge is 0.189 e. The number of aromatic amines is 1. The summed E-state index contributed by atoms with van der Waals surface area (Å²) in [7, 11) is 0. The standard InChI is InChI=1S/C21H22N6OS/c28-16-7-5-15(6-8-16)24-19-2-1-3-20(26-19)27-21-25-17-9-4-13(10-18(17)29-21)14-11-22-23-12-14/h1-4,9-12,15-16,28H,5-8H2,(H,22,23)(H2,24,25,26,27). The van der Waals surface area contributed by atoms with Gasteiger partial charge in [0.15, 0.2) is 5.13 Å². The van der Waals surface area contributed by atoms with Gasteiger partial charge in [0.05, 0.1) is 22.5 Å². The highest BCUT2D eigenvalue weighted by atomic mass is 32.1. The lowest BCUT2D eigenvalue weighted by atomic mass is 9.93. The number of nitrogens with one attached hydrogen (secondary N) is 3. The van der Waals surface area contributed by atoms with Crippen molar-refractivity contribution >= 4 is 38.3 Å². The van der Waals surface area contributed by atoms with E-state index < -0.39 is 0 Å². The summed E-state index contributed by atoms with van der Waals surface area (Å²) in [5.74, 6) is 1.61. The molecule has 0 atom stereocenters. The van der Waals surface area contributed by atoms with Crippen LogP contribution in [-0.2, 0) is 0 Å². The van der Waals surface area contributed by atoms with Crippen LogP contribution in [0, 0.1) is 0 Å². The summed E-state index contributed by atoms with van der Waals surface area (Å²) in [4.78, 5) is 9.36. The number of aliphatic hydroxyl groups is 1. The molecule has 0 amide bonds. The van der Waals surface area contributed by atoms with Gasteiger partial charge in [-0.1, -0.05) is 23.5 Å². The monoisotopic (exact) mass is 406 g/mol. The Morgan fingerprint density at radius 1 is 1.00 bits per heavy atom. The number of pyridine rings is 1. The third-order valence-corrected chi connectivity index (χ3v) is 6.19. The van der Waals surface area contributed by atoms with Crippen molar-refractivity contribution in [1.29, 1.82) is 0 Å². The fraction of sp³-hybridized carbons (Fsp3) is 0.286. The molecule has 4 aromatic rings. The fourth-order valence-electron chi connectivity index (χ4n) is 3.69. The Morgan fingerprint density at radius 2 is 1.86 bits per heavy atom. The number of thiazole rings is 1. The van der Waals surface area contributed by atoms with Crippen LogP contribution >= 0.6 is 11.3 Å². The molecule has 3 aromatic heterocycles. The van der Waals surface area contributed by atoms with Crippen LogP contribution in [0.2, 0.25) is 0 Å². The number of rotatable bonds is 5. The summed E-state index contributed by atoms with van der Waals surface area (Å²) in [6.07, 6.45) is 7.19. The SMILES string of the molecule is OC1CCC(Nc2cccc(Nc3nc4ccc(-c5cn[nH]c5)cc4s3)n2)CC1. The van der Waals surface area contributed by atoms with Crippen LogP contribution in [0.3, 0.4) is 0 Å². The second-order valence-corrected chi connectivity index (χ2v) is 8.40. The summed E-state index contributed by atoms with van der Waals surface area (Å²) in [6, 6.07) is 12.5. The van der Waals surface area contributed by atoms with Gasteiger partial charge in [-0.3, -0.25) is 5.10 Å². The maximum atomic E-state index is 9.67. The number of H-pyrrole nitrogens is 1. The molecule has 1 aromatic carbocycles. The highest BCUT2D eigenvalue weighted by Crippen LogP contribution is 2.31. The molecule has 4 N–H and O–H groups in total. The lowest BCUT2D eigenvalue weighted by Crippen LogP contribution is -2.28. The maximum Gasteiger partial charge on any atom is 0.189 e. The van der Waals surface area contributed by atoms with Gasteiger partial charge in [0.1, 0.15) is 11.6 Å². The third kappa shape index (κ3) is 4.08. The predicted molar refractivity (Wildman–Crippen MR) is 117 cm³/mol. The number of hydrogen-bond donors (Lipinski definition) is 4. The molecule has 1 saturated carbocycles. The van der Waals surface area contributed by atoms with E-state index in [4.69, 9.17) is 0 Å². The molecule has 148 valence electrons. The van der Waals surface area contributed by atoms with Crippen molar-refractivity contribution < 1.29 is 5.11 Å². The van der Waals surface area contributed by atoms with Crippen LogP contribution in [-0.4, -0.2) is 37.4 Å².